The van der Waals surface area contributed by atoms with Gasteiger partial charge in [0.1, 0.15) is 0 Å². The van der Waals surface area contributed by atoms with Crippen LogP contribution in [0.5, 0.6) is 0 Å². The number of thioether (sulfide) groups is 2. The standard InChI is InChI=1S/C27H49O3PS2/c1-3-5-6-7-8-9-10-11-12-16-23-33-27(18-4-2)26(25-19-14-13-15-20-25)24-32-22-17-21-30-31(28)29/h13-15,19-20,26-27,31H,3-12,16-18,21-24H2,1-2H3,(H,28,29). The molecule has 6 heteroatoms. The van der Waals surface area contributed by atoms with Crippen molar-refractivity contribution in [3.8, 4) is 0 Å². The largest absolute Gasteiger partial charge is 0.326 e. The van der Waals surface area contributed by atoms with Gasteiger partial charge < -0.3 is 9.42 Å². The second kappa shape index (κ2) is 22.5. The van der Waals surface area contributed by atoms with Crippen molar-refractivity contribution in [2.75, 3.05) is 23.9 Å². The third kappa shape index (κ3) is 17.2. The Morgan fingerprint density at radius 1 is 0.848 bits per heavy atom. The van der Waals surface area contributed by atoms with Crippen molar-refractivity contribution in [1.82, 2.24) is 0 Å². The van der Waals surface area contributed by atoms with Gasteiger partial charge in [-0.2, -0.15) is 23.5 Å². The summed E-state index contributed by atoms with van der Waals surface area (Å²) in [7, 11) is -2.79. The molecule has 1 aromatic carbocycles. The first-order valence-electron chi connectivity index (χ1n) is 13.3. The van der Waals surface area contributed by atoms with Crippen LogP contribution in [0.2, 0.25) is 0 Å². The van der Waals surface area contributed by atoms with Crippen molar-refractivity contribution in [2.24, 2.45) is 0 Å². The van der Waals surface area contributed by atoms with Crippen LogP contribution < -0.4 is 0 Å². The molecule has 0 saturated carbocycles. The van der Waals surface area contributed by atoms with Crippen LogP contribution in [-0.4, -0.2) is 34.0 Å². The number of hydrogen-bond acceptors (Lipinski definition) is 4. The van der Waals surface area contributed by atoms with Gasteiger partial charge in [-0.1, -0.05) is 108 Å². The van der Waals surface area contributed by atoms with Crippen molar-refractivity contribution in [3.63, 3.8) is 0 Å². The molecule has 0 aliphatic carbocycles. The highest BCUT2D eigenvalue weighted by molar-refractivity contribution is 8.00. The molecule has 0 heterocycles. The molecule has 3 atom stereocenters. The molecule has 0 amide bonds. The highest BCUT2D eigenvalue weighted by Gasteiger charge is 2.23. The first-order chi connectivity index (χ1) is 16.2. The summed E-state index contributed by atoms with van der Waals surface area (Å²) in [5.74, 6) is 3.91. The number of unbranched alkanes of at least 4 members (excludes halogenated alkanes) is 9. The summed E-state index contributed by atoms with van der Waals surface area (Å²) in [5.41, 5.74) is 1.45. The third-order valence-corrected chi connectivity index (χ3v) is 9.18. The molecule has 0 aromatic heterocycles. The molecule has 0 radical (unpaired) electrons. The Kier molecular flexibility index (Phi) is 21.2. The maximum absolute atomic E-state index is 10.7. The fourth-order valence-corrected chi connectivity index (χ4v) is 7.33. The van der Waals surface area contributed by atoms with Crippen LogP contribution >= 0.6 is 31.8 Å². The lowest BCUT2D eigenvalue weighted by Gasteiger charge is -2.27. The zero-order valence-electron chi connectivity index (χ0n) is 21.1. The Morgan fingerprint density at radius 3 is 2.09 bits per heavy atom. The van der Waals surface area contributed by atoms with Crippen LogP contribution in [-0.2, 0) is 9.09 Å². The molecule has 0 aliphatic rings. The maximum atomic E-state index is 10.7. The maximum Gasteiger partial charge on any atom is 0.316 e. The summed E-state index contributed by atoms with van der Waals surface area (Å²) >= 11 is 4.15. The van der Waals surface area contributed by atoms with Gasteiger partial charge in [0.2, 0.25) is 0 Å². The Balaban J connectivity index is 2.37. The summed E-state index contributed by atoms with van der Waals surface area (Å²) < 4.78 is 15.5. The minimum atomic E-state index is -2.79. The van der Waals surface area contributed by atoms with Gasteiger partial charge in [0.15, 0.2) is 0 Å². The average Bonchev–Trinajstić information content (AvgIpc) is 2.82. The molecule has 3 nitrogen and oxygen atoms in total. The average molecular weight is 517 g/mol. The fourth-order valence-electron chi connectivity index (χ4n) is 4.16. The van der Waals surface area contributed by atoms with E-state index in [1.807, 2.05) is 11.8 Å². The van der Waals surface area contributed by atoms with Crippen molar-refractivity contribution in [1.29, 1.82) is 0 Å². The predicted octanol–water partition coefficient (Wildman–Crippen LogP) is 9.11. The number of rotatable bonds is 23. The van der Waals surface area contributed by atoms with Crippen LogP contribution in [0.1, 0.15) is 109 Å². The molecule has 0 saturated heterocycles. The third-order valence-electron chi connectivity index (χ3n) is 6.04. The van der Waals surface area contributed by atoms with E-state index < -0.39 is 8.25 Å². The van der Waals surface area contributed by atoms with Crippen LogP contribution in [0.4, 0.5) is 0 Å². The van der Waals surface area contributed by atoms with Crippen LogP contribution in [0, 0.1) is 0 Å². The van der Waals surface area contributed by atoms with E-state index in [2.05, 4.69) is 55.9 Å². The Hall–Kier alpha value is 0.0700. The SMILES string of the molecule is CCCCCCCCCCCCSC(CCC)C(CSCCCO[PH](=O)O)c1ccccc1. The normalized spacial score (nSPS) is 14.3. The van der Waals surface area contributed by atoms with Gasteiger partial charge in [-0.25, -0.2) is 0 Å². The van der Waals surface area contributed by atoms with Gasteiger partial charge in [0, 0.05) is 16.9 Å². The summed E-state index contributed by atoms with van der Waals surface area (Å²) in [6.07, 6.45) is 17.3. The van der Waals surface area contributed by atoms with Crippen molar-refractivity contribution in [2.45, 2.75) is 108 Å². The summed E-state index contributed by atoms with van der Waals surface area (Å²) in [4.78, 5) is 8.79. The predicted molar refractivity (Wildman–Crippen MR) is 151 cm³/mol. The van der Waals surface area contributed by atoms with E-state index in [0.29, 0.717) is 17.8 Å². The summed E-state index contributed by atoms with van der Waals surface area (Å²) in [6, 6.07) is 11.0. The molecule has 1 N–H and O–H groups in total. The van der Waals surface area contributed by atoms with Crippen molar-refractivity contribution in [3.05, 3.63) is 35.9 Å². The Labute approximate surface area is 213 Å². The Morgan fingerprint density at radius 2 is 1.48 bits per heavy atom. The highest BCUT2D eigenvalue weighted by atomic mass is 32.2. The number of hydrogen-bond donors (Lipinski definition) is 1. The smallest absolute Gasteiger partial charge is 0.316 e. The molecular weight excluding hydrogens is 467 g/mol. The van der Waals surface area contributed by atoms with E-state index in [1.165, 1.54) is 88.4 Å². The van der Waals surface area contributed by atoms with E-state index >= 15 is 0 Å². The molecule has 33 heavy (non-hydrogen) atoms. The highest BCUT2D eigenvalue weighted by Crippen LogP contribution is 2.35. The van der Waals surface area contributed by atoms with E-state index in [4.69, 9.17) is 9.42 Å². The van der Waals surface area contributed by atoms with E-state index in [-0.39, 0.29) is 0 Å². The van der Waals surface area contributed by atoms with Gasteiger partial charge in [0.25, 0.3) is 0 Å². The monoisotopic (exact) mass is 516 g/mol. The quantitative estimate of drug-likeness (QED) is 0.116. The number of benzene rings is 1. The van der Waals surface area contributed by atoms with Gasteiger partial charge in [-0.05, 0) is 36.3 Å². The molecular formula is C27H49O3PS2. The van der Waals surface area contributed by atoms with E-state index in [9.17, 15) is 4.57 Å². The lowest BCUT2D eigenvalue weighted by atomic mass is 9.95. The molecule has 0 bridgehead atoms. The van der Waals surface area contributed by atoms with E-state index in [1.54, 1.807) is 0 Å². The van der Waals surface area contributed by atoms with E-state index in [0.717, 1.165) is 17.9 Å². The minimum Gasteiger partial charge on any atom is -0.326 e. The molecule has 1 aromatic rings. The lowest BCUT2D eigenvalue weighted by molar-refractivity contribution is 0.283. The molecule has 1 rings (SSSR count). The first-order valence-corrected chi connectivity index (χ1v) is 16.8. The second-order valence-electron chi connectivity index (χ2n) is 8.94. The van der Waals surface area contributed by atoms with Gasteiger partial charge in [-0.15, -0.1) is 0 Å². The van der Waals surface area contributed by atoms with Gasteiger partial charge in [0.05, 0.1) is 6.61 Å². The first kappa shape index (κ1) is 31.1. The van der Waals surface area contributed by atoms with Crippen molar-refractivity contribution < 1.29 is 14.0 Å². The van der Waals surface area contributed by atoms with Gasteiger partial charge >= 0.3 is 8.25 Å². The molecule has 0 fully saturated rings. The minimum absolute atomic E-state index is 0.378. The van der Waals surface area contributed by atoms with Crippen LogP contribution in [0.15, 0.2) is 30.3 Å². The summed E-state index contributed by atoms with van der Waals surface area (Å²) in [5, 5.41) is 0.661. The summed E-state index contributed by atoms with van der Waals surface area (Å²) in [6.45, 7) is 4.97. The molecule has 0 spiro atoms. The topological polar surface area (TPSA) is 46.5 Å². The Bertz CT molecular complexity index is 574. The molecule has 192 valence electrons. The lowest BCUT2D eigenvalue weighted by Crippen LogP contribution is -2.19. The fraction of sp³-hybridized carbons (Fsp3) is 0.778. The van der Waals surface area contributed by atoms with Crippen LogP contribution in [0.25, 0.3) is 0 Å². The zero-order chi connectivity index (χ0) is 24.0. The van der Waals surface area contributed by atoms with Crippen LogP contribution in [0.3, 0.4) is 0 Å². The van der Waals surface area contributed by atoms with Gasteiger partial charge in [-0.3, -0.25) is 4.57 Å². The second-order valence-corrected chi connectivity index (χ2v) is 12.3. The molecule has 3 unspecified atom stereocenters. The van der Waals surface area contributed by atoms with Crippen molar-refractivity contribution >= 4 is 31.8 Å². The zero-order valence-corrected chi connectivity index (χ0v) is 23.8. The molecule has 0 aliphatic heterocycles.